The average molecular weight is 345 g/mol. The summed E-state index contributed by atoms with van der Waals surface area (Å²) in [7, 11) is 0. The lowest BCUT2D eigenvalue weighted by molar-refractivity contribution is -0.128. The highest BCUT2D eigenvalue weighted by atomic mass is 32.1. The van der Waals surface area contributed by atoms with E-state index in [4.69, 9.17) is 23.4 Å². The molecule has 1 fully saturated rings. The molecule has 0 aromatic heterocycles. The van der Waals surface area contributed by atoms with E-state index >= 15 is 0 Å². The lowest BCUT2D eigenvalue weighted by atomic mass is 10.0. The molecule has 0 radical (unpaired) electrons. The summed E-state index contributed by atoms with van der Waals surface area (Å²) >= 11 is 5.36. The van der Waals surface area contributed by atoms with Crippen molar-refractivity contribution in [2.24, 2.45) is 0 Å². The number of hydrogen-bond acceptors (Lipinski definition) is 3. The van der Waals surface area contributed by atoms with Crippen LogP contribution < -0.4 is 9.64 Å². The highest BCUT2D eigenvalue weighted by Crippen LogP contribution is 2.49. The van der Waals surface area contributed by atoms with Gasteiger partial charge in [-0.2, -0.15) is 0 Å². The molecule has 126 valence electrons. The highest BCUT2D eigenvalue weighted by molar-refractivity contribution is 7.80. The molecule has 0 atom stereocenters. The molecular formula is C19H20FNO2S. The van der Waals surface area contributed by atoms with Gasteiger partial charge in [0.1, 0.15) is 11.6 Å². The van der Waals surface area contributed by atoms with E-state index in [0.717, 1.165) is 24.1 Å². The quantitative estimate of drug-likeness (QED) is 0.580. The number of anilines is 1. The molecule has 1 aromatic rings. The van der Waals surface area contributed by atoms with E-state index in [9.17, 15) is 9.18 Å². The number of hydrogen-bond donors (Lipinski definition) is 0. The number of halogens is 1. The van der Waals surface area contributed by atoms with Gasteiger partial charge in [-0.3, -0.25) is 9.69 Å². The molecule has 3 nitrogen and oxygen atoms in total. The average Bonchev–Trinajstić information content (AvgIpc) is 3.32. The van der Waals surface area contributed by atoms with E-state index in [1.54, 1.807) is 6.07 Å². The first-order valence-electron chi connectivity index (χ1n) is 8.29. The fourth-order valence-corrected chi connectivity index (χ4v) is 3.28. The number of unbranched alkanes of at least 4 members (excludes halogenated alkanes) is 1. The van der Waals surface area contributed by atoms with Crippen LogP contribution >= 0.6 is 12.2 Å². The number of carbonyl (C=O) groups excluding carboxylic acids is 1. The Labute approximate surface area is 147 Å². The fraction of sp³-hybridized carbons (Fsp3) is 0.474. The maximum Gasteiger partial charge on any atom is 0.272 e. The van der Waals surface area contributed by atoms with E-state index in [0.29, 0.717) is 36.3 Å². The van der Waals surface area contributed by atoms with Crippen molar-refractivity contribution in [1.82, 2.24) is 0 Å². The Morgan fingerprint density at radius 3 is 2.88 bits per heavy atom. The van der Waals surface area contributed by atoms with Crippen LogP contribution in [0.25, 0.3) is 0 Å². The minimum Gasteiger partial charge on any atom is -0.475 e. The Hall–Kier alpha value is -1.93. The van der Waals surface area contributed by atoms with Gasteiger partial charge < -0.3 is 4.74 Å². The highest BCUT2D eigenvalue weighted by Gasteiger charge is 2.57. The van der Waals surface area contributed by atoms with Gasteiger partial charge in [0.2, 0.25) is 0 Å². The van der Waals surface area contributed by atoms with Gasteiger partial charge in [0.15, 0.2) is 5.60 Å². The predicted molar refractivity (Wildman–Crippen MR) is 96.0 cm³/mol. The van der Waals surface area contributed by atoms with Crippen molar-refractivity contribution >= 4 is 28.7 Å². The molecule has 1 aliphatic carbocycles. The Morgan fingerprint density at radius 1 is 1.50 bits per heavy atom. The molecule has 24 heavy (non-hydrogen) atoms. The molecule has 0 N–H and O–H groups in total. The summed E-state index contributed by atoms with van der Waals surface area (Å²) in [5.41, 5.74) is 0.207. The molecule has 1 heterocycles. The Bertz CT molecular complexity index is 734. The number of amides is 1. The van der Waals surface area contributed by atoms with Crippen molar-refractivity contribution in [3.8, 4) is 18.1 Å². The Balaban J connectivity index is 1.92. The van der Waals surface area contributed by atoms with Crippen LogP contribution in [-0.2, 0) is 11.2 Å². The summed E-state index contributed by atoms with van der Waals surface area (Å²) in [5.74, 6) is 2.42. The van der Waals surface area contributed by atoms with Gasteiger partial charge >= 0.3 is 0 Å². The van der Waals surface area contributed by atoms with Crippen molar-refractivity contribution in [2.75, 3.05) is 11.4 Å². The molecule has 3 rings (SSSR count). The molecule has 0 bridgehead atoms. The van der Waals surface area contributed by atoms with E-state index in [2.05, 4.69) is 12.8 Å². The number of ether oxygens (including phenoxy) is 1. The van der Waals surface area contributed by atoms with Gasteiger partial charge in [-0.25, -0.2) is 4.39 Å². The standard InChI is InChI=1S/C19H20FNO2S/c1-3-5-6-14(24)10-13-11-16-17(12-15(13)20)23-19(7-8-19)18(22)21(16)9-4-2/h2,11-12H,3,5-10H2,1H3. The second-order valence-corrected chi connectivity index (χ2v) is 7.00. The first-order valence-corrected chi connectivity index (χ1v) is 8.70. The summed E-state index contributed by atoms with van der Waals surface area (Å²) in [4.78, 5) is 15.0. The lowest BCUT2D eigenvalue weighted by Gasteiger charge is -2.34. The first-order chi connectivity index (χ1) is 11.5. The third kappa shape index (κ3) is 3.03. The van der Waals surface area contributed by atoms with Gasteiger partial charge in [0, 0.05) is 25.3 Å². The number of terminal acetylenes is 1. The molecule has 2 aliphatic rings. The van der Waals surface area contributed by atoms with Crippen molar-refractivity contribution in [2.45, 2.75) is 51.0 Å². The predicted octanol–water partition coefficient (Wildman–Crippen LogP) is 3.82. The normalized spacial score (nSPS) is 17.2. The summed E-state index contributed by atoms with van der Waals surface area (Å²) in [6, 6.07) is 3.02. The maximum atomic E-state index is 14.5. The zero-order chi connectivity index (χ0) is 17.3. The minimum atomic E-state index is -0.825. The van der Waals surface area contributed by atoms with Gasteiger partial charge in [-0.1, -0.05) is 31.5 Å². The van der Waals surface area contributed by atoms with Gasteiger partial charge in [0.05, 0.1) is 12.2 Å². The van der Waals surface area contributed by atoms with Crippen LogP contribution in [0.2, 0.25) is 0 Å². The van der Waals surface area contributed by atoms with Crippen molar-refractivity contribution in [1.29, 1.82) is 0 Å². The SMILES string of the molecule is C#CCN1C(=O)C2(CC2)Oc2cc(F)c(CC(=S)CCCC)cc21. The number of nitrogens with zero attached hydrogens (tertiary/aromatic N) is 1. The largest absolute Gasteiger partial charge is 0.475 e. The van der Waals surface area contributed by atoms with Crippen molar-refractivity contribution in [3.05, 3.63) is 23.5 Å². The molecule has 1 saturated carbocycles. The number of benzene rings is 1. The number of fused-ring (bicyclic) bond motifs is 1. The molecule has 1 spiro atoms. The fourth-order valence-electron chi connectivity index (χ4n) is 2.98. The van der Waals surface area contributed by atoms with Crippen LogP contribution in [0.1, 0.15) is 44.6 Å². The van der Waals surface area contributed by atoms with Crippen LogP contribution in [0.3, 0.4) is 0 Å². The monoisotopic (exact) mass is 345 g/mol. The zero-order valence-electron chi connectivity index (χ0n) is 13.7. The second-order valence-electron chi connectivity index (χ2n) is 6.42. The molecule has 1 amide bonds. The van der Waals surface area contributed by atoms with E-state index in [-0.39, 0.29) is 18.3 Å². The van der Waals surface area contributed by atoms with E-state index in [1.807, 2.05) is 0 Å². The van der Waals surface area contributed by atoms with Crippen LogP contribution in [0.5, 0.6) is 5.75 Å². The third-order valence-corrected chi connectivity index (χ3v) is 4.86. The van der Waals surface area contributed by atoms with E-state index < -0.39 is 5.60 Å². The Morgan fingerprint density at radius 2 is 2.25 bits per heavy atom. The summed E-state index contributed by atoms with van der Waals surface area (Å²) in [6.45, 7) is 2.25. The van der Waals surface area contributed by atoms with Gasteiger partial charge in [-0.05, 0) is 29.3 Å². The van der Waals surface area contributed by atoms with E-state index in [1.165, 1.54) is 11.0 Å². The third-order valence-electron chi connectivity index (χ3n) is 4.51. The van der Waals surface area contributed by atoms with Gasteiger partial charge in [0.25, 0.3) is 5.91 Å². The number of thiocarbonyl (C=S) groups is 1. The Kier molecular flexibility index (Phi) is 4.60. The van der Waals surface area contributed by atoms with Crippen molar-refractivity contribution in [3.63, 3.8) is 0 Å². The summed E-state index contributed by atoms with van der Waals surface area (Å²) < 4.78 is 20.3. The maximum absolute atomic E-state index is 14.5. The first kappa shape index (κ1) is 16.9. The molecule has 0 unspecified atom stereocenters. The zero-order valence-corrected chi connectivity index (χ0v) is 14.5. The summed E-state index contributed by atoms with van der Waals surface area (Å²) in [6.07, 6.45) is 9.95. The smallest absolute Gasteiger partial charge is 0.272 e. The molecular weight excluding hydrogens is 325 g/mol. The van der Waals surface area contributed by atoms with Crippen LogP contribution in [0.4, 0.5) is 10.1 Å². The summed E-state index contributed by atoms with van der Waals surface area (Å²) in [5, 5.41) is 0. The molecule has 0 saturated heterocycles. The lowest BCUT2D eigenvalue weighted by Crippen LogP contribution is -2.48. The van der Waals surface area contributed by atoms with Crippen LogP contribution in [-0.4, -0.2) is 22.9 Å². The molecule has 1 aromatic carbocycles. The second kappa shape index (κ2) is 6.52. The molecule has 5 heteroatoms. The molecule has 1 aliphatic heterocycles. The number of carbonyl (C=O) groups is 1. The minimum absolute atomic E-state index is 0.126. The van der Waals surface area contributed by atoms with Crippen LogP contribution in [0.15, 0.2) is 12.1 Å². The van der Waals surface area contributed by atoms with Gasteiger partial charge in [-0.15, -0.1) is 6.42 Å². The topological polar surface area (TPSA) is 29.5 Å². The van der Waals surface area contributed by atoms with Crippen molar-refractivity contribution < 1.29 is 13.9 Å². The van der Waals surface area contributed by atoms with Crippen LogP contribution in [0, 0.1) is 18.2 Å². The number of rotatable bonds is 6.